The normalized spacial score (nSPS) is 18.2. The lowest BCUT2D eigenvalue weighted by atomic mass is 9.67. The van der Waals surface area contributed by atoms with Crippen molar-refractivity contribution in [3.8, 4) is 11.3 Å². The Morgan fingerprint density at radius 2 is 2.00 bits per heavy atom. The van der Waals surface area contributed by atoms with Gasteiger partial charge in [-0.1, -0.05) is 31.2 Å². The minimum absolute atomic E-state index is 0.631. The van der Waals surface area contributed by atoms with E-state index in [-0.39, 0.29) is 0 Å². The topological polar surface area (TPSA) is 4.93 Å². The fraction of sp³-hybridized carbons (Fsp3) is 0.167. The van der Waals surface area contributed by atoms with E-state index in [1.807, 2.05) is 0 Å². The van der Waals surface area contributed by atoms with Gasteiger partial charge in [0.1, 0.15) is 0 Å². The monoisotopic (exact) mass is 181 g/mol. The molecule has 0 radical (unpaired) electrons. The maximum Gasteiger partial charge on any atom is 0.248 e. The average Bonchev–Trinajstić information content (AvgIpc) is 2.66. The van der Waals surface area contributed by atoms with Crippen LogP contribution in [-0.2, 0) is 0 Å². The van der Waals surface area contributed by atoms with Crippen LogP contribution in [0.25, 0.3) is 11.3 Å². The predicted molar refractivity (Wildman–Crippen MR) is 60.8 cm³/mol. The second kappa shape index (κ2) is 2.78. The van der Waals surface area contributed by atoms with Gasteiger partial charge in [-0.2, -0.15) is 0 Å². The van der Waals surface area contributed by atoms with E-state index in [1.165, 1.54) is 16.8 Å². The molecular formula is C12H12BN. The van der Waals surface area contributed by atoms with Crippen molar-refractivity contribution in [3.63, 3.8) is 0 Å². The number of benzene rings is 1. The Balaban J connectivity index is 2.30. The van der Waals surface area contributed by atoms with Gasteiger partial charge in [-0.25, -0.2) is 0 Å². The number of hydrogen-bond acceptors (Lipinski definition) is 0. The maximum atomic E-state index is 2.34. The summed E-state index contributed by atoms with van der Waals surface area (Å²) in [6.45, 7) is 2.29. The molecule has 0 amide bonds. The van der Waals surface area contributed by atoms with E-state index in [2.05, 4.69) is 54.0 Å². The summed E-state index contributed by atoms with van der Waals surface area (Å²) in [5, 5.41) is 0. The highest BCUT2D eigenvalue weighted by atomic mass is 14.9. The van der Waals surface area contributed by atoms with Gasteiger partial charge in [0.15, 0.2) is 0 Å². The lowest BCUT2D eigenvalue weighted by molar-refractivity contribution is 0.992. The predicted octanol–water partition coefficient (Wildman–Crippen LogP) is 2.43. The zero-order valence-corrected chi connectivity index (χ0v) is 8.27. The Labute approximate surface area is 84.6 Å². The minimum Gasteiger partial charge on any atom is -0.395 e. The second-order valence-electron chi connectivity index (χ2n) is 4.03. The van der Waals surface area contributed by atoms with E-state index in [0.29, 0.717) is 5.82 Å². The van der Waals surface area contributed by atoms with Gasteiger partial charge in [-0.3, -0.25) is 0 Å². The third-order valence-corrected chi connectivity index (χ3v) is 3.07. The molecule has 0 fully saturated rings. The molecule has 1 aliphatic rings. The largest absolute Gasteiger partial charge is 0.395 e. The summed E-state index contributed by atoms with van der Waals surface area (Å²) in [6, 6.07) is 13.0. The molecule has 3 rings (SSSR count). The lowest BCUT2D eigenvalue weighted by Crippen LogP contribution is -2.20. The average molecular weight is 181 g/mol. The molecule has 68 valence electrons. The summed E-state index contributed by atoms with van der Waals surface area (Å²) in [5.41, 5.74) is 4.24. The van der Waals surface area contributed by atoms with Gasteiger partial charge in [-0.15, -0.1) is 0 Å². The zero-order chi connectivity index (χ0) is 9.54. The van der Waals surface area contributed by atoms with Crippen LogP contribution in [0.2, 0.25) is 0 Å². The molecule has 2 heteroatoms. The number of aromatic nitrogens is 1. The molecule has 1 atom stereocenters. The fourth-order valence-electron chi connectivity index (χ4n) is 2.37. The number of nitrogens with zero attached hydrogens (tertiary/aromatic N) is 1. The van der Waals surface area contributed by atoms with Crippen LogP contribution >= 0.6 is 0 Å². The first kappa shape index (κ1) is 7.92. The molecular weight excluding hydrogens is 169 g/mol. The van der Waals surface area contributed by atoms with Crippen LogP contribution in [0, 0.1) is 0 Å². The molecule has 0 aliphatic carbocycles. The smallest absolute Gasteiger partial charge is 0.248 e. The van der Waals surface area contributed by atoms with E-state index in [0.717, 1.165) is 7.41 Å². The zero-order valence-electron chi connectivity index (χ0n) is 8.27. The standard InChI is InChI=1S/C12H12BN/c1-9-10-5-2-3-6-11(10)12-7-4-8-14(12)13-9/h2-9,13H,1H3. The third kappa shape index (κ3) is 0.970. The Kier molecular flexibility index (Phi) is 1.57. The van der Waals surface area contributed by atoms with Gasteiger partial charge in [0, 0.05) is 5.69 Å². The van der Waals surface area contributed by atoms with Gasteiger partial charge in [0.25, 0.3) is 0 Å². The summed E-state index contributed by atoms with van der Waals surface area (Å²) in [6.07, 6.45) is 2.17. The van der Waals surface area contributed by atoms with Crippen molar-refractivity contribution in [3.05, 3.63) is 48.2 Å². The maximum absolute atomic E-state index is 2.34. The summed E-state index contributed by atoms with van der Waals surface area (Å²) < 4.78 is 2.34. The van der Waals surface area contributed by atoms with E-state index in [9.17, 15) is 0 Å². The van der Waals surface area contributed by atoms with E-state index in [4.69, 9.17) is 0 Å². The van der Waals surface area contributed by atoms with Crippen LogP contribution in [-0.4, -0.2) is 11.9 Å². The van der Waals surface area contributed by atoms with Gasteiger partial charge in [0.2, 0.25) is 7.41 Å². The van der Waals surface area contributed by atoms with Crippen LogP contribution in [0.1, 0.15) is 18.3 Å². The van der Waals surface area contributed by atoms with Gasteiger partial charge in [-0.05, 0) is 35.3 Å². The molecule has 1 aromatic heterocycles. The number of fused-ring (bicyclic) bond motifs is 3. The van der Waals surface area contributed by atoms with Crippen LogP contribution in [0.15, 0.2) is 42.6 Å². The van der Waals surface area contributed by atoms with Crippen molar-refractivity contribution >= 4 is 7.41 Å². The van der Waals surface area contributed by atoms with Crippen molar-refractivity contribution in [1.82, 2.24) is 4.48 Å². The summed E-state index contributed by atoms with van der Waals surface area (Å²) in [4.78, 5) is 0. The van der Waals surface area contributed by atoms with E-state index in [1.54, 1.807) is 0 Å². The van der Waals surface area contributed by atoms with Crippen molar-refractivity contribution in [2.45, 2.75) is 12.7 Å². The molecule has 0 spiro atoms. The quantitative estimate of drug-likeness (QED) is 0.550. The minimum atomic E-state index is 0.631. The van der Waals surface area contributed by atoms with Crippen molar-refractivity contribution in [2.24, 2.45) is 0 Å². The SMILES string of the molecule is CC1Bn2cccc2-c2ccccc21. The van der Waals surface area contributed by atoms with Crippen molar-refractivity contribution in [2.75, 3.05) is 0 Å². The van der Waals surface area contributed by atoms with Crippen LogP contribution in [0.5, 0.6) is 0 Å². The molecule has 0 N–H and O–H groups in total. The van der Waals surface area contributed by atoms with Crippen LogP contribution < -0.4 is 0 Å². The van der Waals surface area contributed by atoms with E-state index < -0.39 is 0 Å². The van der Waals surface area contributed by atoms with Crippen LogP contribution in [0.3, 0.4) is 0 Å². The Morgan fingerprint density at radius 1 is 1.14 bits per heavy atom. The molecule has 0 saturated heterocycles. The molecule has 14 heavy (non-hydrogen) atoms. The Bertz CT molecular complexity index is 473. The molecule has 1 nitrogen and oxygen atoms in total. The van der Waals surface area contributed by atoms with Crippen molar-refractivity contribution in [1.29, 1.82) is 0 Å². The molecule has 2 aromatic rings. The molecule has 0 bridgehead atoms. The fourth-order valence-corrected chi connectivity index (χ4v) is 2.37. The van der Waals surface area contributed by atoms with Gasteiger partial charge < -0.3 is 4.48 Å². The second-order valence-corrected chi connectivity index (χ2v) is 4.03. The molecule has 0 saturated carbocycles. The third-order valence-electron chi connectivity index (χ3n) is 3.07. The summed E-state index contributed by atoms with van der Waals surface area (Å²) in [7, 11) is 1.11. The highest BCUT2D eigenvalue weighted by Crippen LogP contribution is 2.33. The number of rotatable bonds is 0. The lowest BCUT2D eigenvalue weighted by Gasteiger charge is -2.23. The molecule has 1 aliphatic heterocycles. The Morgan fingerprint density at radius 3 is 2.93 bits per heavy atom. The Hall–Kier alpha value is -1.44. The number of hydrogen-bond donors (Lipinski definition) is 0. The highest BCUT2D eigenvalue weighted by Gasteiger charge is 2.21. The highest BCUT2D eigenvalue weighted by molar-refractivity contribution is 6.38. The first-order valence-corrected chi connectivity index (χ1v) is 5.10. The molecule has 2 heterocycles. The first-order valence-electron chi connectivity index (χ1n) is 5.10. The first-order chi connectivity index (χ1) is 6.86. The summed E-state index contributed by atoms with van der Waals surface area (Å²) >= 11 is 0. The van der Waals surface area contributed by atoms with E-state index >= 15 is 0 Å². The van der Waals surface area contributed by atoms with Gasteiger partial charge >= 0.3 is 0 Å². The van der Waals surface area contributed by atoms with Crippen LogP contribution in [0.4, 0.5) is 0 Å². The molecule has 1 unspecified atom stereocenters. The van der Waals surface area contributed by atoms with Gasteiger partial charge in [0.05, 0.1) is 0 Å². The molecule has 1 aromatic carbocycles. The summed E-state index contributed by atoms with van der Waals surface area (Å²) in [5.74, 6) is 0.631. The van der Waals surface area contributed by atoms with Crippen molar-refractivity contribution < 1.29 is 0 Å².